The van der Waals surface area contributed by atoms with Crippen LogP contribution < -0.4 is 15.0 Å². The van der Waals surface area contributed by atoms with Gasteiger partial charge in [-0.15, -0.1) is 11.8 Å². The first-order valence-corrected chi connectivity index (χ1v) is 7.44. The van der Waals surface area contributed by atoms with Gasteiger partial charge < -0.3 is 9.47 Å². The normalized spacial score (nSPS) is 10.8. The molecule has 1 heterocycles. The zero-order valence-electron chi connectivity index (χ0n) is 12.0. The van der Waals surface area contributed by atoms with Crippen molar-refractivity contribution >= 4 is 23.9 Å². The van der Waals surface area contributed by atoms with Gasteiger partial charge in [0.15, 0.2) is 0 Å². The van der Waals surface area contributed by atoms with Gasteiger partial charge in [0.1, 0.15) is 11.5 Å². The zero-order chi connectivity index (χ0) is 15.2. The van der Waals surface area contributed by atoms with Crippen molar-refractivity contribution in [2.24, 2.45) is 0 Å². The number of methoxy groups -OCH3 is 2. The topological polar surface area (TPSA) is 64.2 Å². The van der Waals surface area contributed by atoms with Crippen molar-refractivity contribution in [2.45, 2.75) is 4.90 Å². The molecule has 6 heteroatoms. The van der Waals surface area contributed by atoms with Crippen molar-refractivity contribution in [3.05, 3.63) is 45.9 Å². The second-order valence-electron chi connectivity index (χ2n) is 4.13. The van der Waals surface area contributed by atoms with E-state index in [4.69, 9.17) is 9.47 Å². The third-order valence-corrected chi connectivity index (χ3v) is 3.63. The van der Waals surface area contributed by atoms with Crippen LogP contribution in [0.1, 0.15) is 11.3 Å². The summed E-state index contributed by atoms with van der Waals surface area (Å²) in [4.78, 5) is 12.0. The molecule has 0 amide bonds. The number of rotatable bonds is 5. The largest absolute Gasteiger partial charge is 0.496 e. The first-order valence-electron chi connectivity index (χ1n) is 6.21. The Morgan fingerprint density at radius 1 is 1.14 bits per heavy atom. The Kier molecular flexibility index (Phi) is 5.05. The van der Waals surface area contributed by atoms with Gasteiger partial charge in [0.2, 0.25) is 0 Å². The molecule has 2 rings (SSSR count). The molecule has 5 nitrogen and oxygen atoms in total. The smallest absolute Gasteiger partial charge is 0.264 e. The van der Waals surface area contributed by atoms with Crippen LogP contribution in [-0.2, 0) is 0 Å². The van der Waals surface area contributed by atoms with Crippen molar-refractivity contribution in [3.63, 3.8) is 0 Å². The molecule has 1 aromatic heterocycles. The van der Waals surface area contributed by atoms with E-state index in [0.29, 0.717) is 5.69 Å². The Bertz CT molecular complexity index is 690. The minimum atomic E-state index is -0.226. The van der Waals surface area contributed by atoms with Crippen LogP contribution in [0.15, 0.2) is 34.0 Å². The summed E-state index contributed by atoms with van der Waals surface area (Å²) >= 11 is 1.59. The van der Waals surface area contributed by atoms with Gasteiger partial charge in [-0.1, -0.05) is 0 Å². The molecule has 0 saturated carbocycles. The van der Waals surface area contributed by atoms with Crippen LogP contribution in [0.2, 0.25) is 0 Å². The summed E-state index contributed by atoms with van der Waals surface area (Å²) in [6.07, 6.45) is 5.65. The highest BCUT2D eigenvalue weighted by molar-refractivity contribution is 7.98. The Morgan fingerprint density at radius 3 is 2.48 bits per heavy atom. The van der Waals surface area contributed by atoms with Crippen LogP contribution in [0.25, 0.3) is 12.2 Å². The second-order valence-corrected chi connectivity index (χ2v) is 4.98. The summed E-state index contributed by atoms with van der Waals surface area (Å²) in [5, 5.41) is 6.31. The summed E-state index contributed by atoms with van der Waals surface area (Å²) in [5.74, 6) is 1.54. The fourth-order valence-electron chi connectivity index (χ4n) is 1.81. The van der Waals surface area contributed by atoms with Crippen molar-refractivity contribution < 1.29 is 9.47 Å². The standard InChI is InChI=1S/C15H16N2O3S/c1-19-12-9-14(21-3)13(20-2)8-10(12)4-5-11-6-7-15(18)17-16-11/h4-9H,1-3H3,(H,17,18)/b5-4+. The maximum absolute atomic E-state index is 11.0. The quantitative estimate of drug-likeness (QED) is 0.860. The first kappa shape index (κ1) is 15.2. The third-order valence-electron chi connectivity index (χ3n) is 2.87. The lowest BCUT2D eigenvalue weighted by Crippen LogP contribution is -2.05. The lowest BCUT2D eigenvalue weighted by molar-refractivity contribution is 0.393. The molecule has 0 saturated heterocycles. The molecule has 0 atom stereocenters. The number of H-pyrrole nitrogens is 1. The van der Waals surface area contributed by atoms with Crippen molar-refractivity contribution in [1.29, 1.82) is 0 Å². The Labute approximate surface area is 127 Å². The molecule has 0 aliphatic rings. The minimum absolute atomic E-state index is 0.226. The summed E-state index contributed by atoms with van der Waals surface area (Å²) in [5.41, 5.74) is 1.31. The van der Waals surface area contributed by atoms with E-state index in [1.165, 1.54) is 6.07 Å². The zero-order valence-corrected chi connectivity index (χ0v) is 12.9. The van der Waals surface area contributed by atoms with E-state index in [2.05, 4.69) is 10.2 Å². The van der Waals surface area contributed by atoms with Gasteiger partial charge in [0.25, 0.3) is 5.56 Å². The number of hydrogen-bond acceptors (Lipinski definition) is 5. The van der Waals surface area contributed by atoms with Gasteiger partial charge >= 0.3 is 0 Å². The highest BCUT2D eigenvalue weighted by atomic mass is 32.2. The van der Waals surface area contributed by atoms with Gasteiger partial charge in [-0.3, -0.25) is 4.79 Å². The van der Waals surface area contributed by atoms with Gasteiger partial charge in [0, 0.05) is 11.6 Å². The number of aromatic nitrogens is 2. The Hall–Kier alpha value is -2.21. The van der Waals surface area contributed by atoms with Crippen LogP contribution >= 0.6 is 11.8 Å². The van der Waals surface area contributed by atoms with Crippen molar-refractivity contribution in [3.8, 4) is 11.5 Å². The van der Waals surface area contributed by atoms with Crippen LogP contribution in [-0.4, -0.2) is 30.7 Å². The fraction of sp³-hybridized carbons (Fsp3) is 0.200. The highest BCUT2D eigenvalue weighted by Crippen LogP contribution is 2.35. The third kappa shape index (κ3) is 3.66. The van der Waals surface area contributed by atoms with E-state index < -0.39 is 0 Å². The van der Waals surface area contributed by atoms with Crippen LogP contribution in [0.4, 0.5) is 0 Å². The minimum Gasteiger partial charge on any atom is -0.496 e. The van der Waals surface area contributed by atoms with Gasteiger partial charge in [-0.2, -0.15) is 5.10 Å². The molecular formula is C15H16N2O3S. The number of ether oxygens (including phenoxy) is 2. The lowest BCUT2D eigenvalue weighted by atomic mass is 10.1. The molecule has 0 unspecified atom stereocenters. The average Bonchev–Trinajstić information content (AvgIpc) is 2.53. The van der Waals surface area contributed by atoms with E-state index in [1.54, 1.807) is 38.1 Å². The molecule has 1 aromatic carbocycles. The SMILES string of the molecule is COc1cc(SC)c(OC)cc1/C=C/c1ccc(=O)[nH]n1. The number of benzene rings is 1. The number of hydrogen-bond donors (Lipinski definition) is 1. The summed E-state index contributed by atoms with van der Waals surface area (Å²) in [7, 11) is 3.26. The molecule has 21 heavy (non-hydrogen) atoms. The average molecular weight is 304 g/mol. The lowest BCUT2D eigenvalue weighted by Gasteiger charge is -2.11. The molecule has 0 aliphatic carbocycles. The van der Waals surface area contributed by atoms with E-state index in [0.717, 1.165) is 22.0 Å². The van der Waals surface area contributed by atoms with Crippen molar-refractivity contribution in [2.75, 3.05) is 20.5 Å². The van der Waals surface area contributed by atoms with E-state index in [1.807, 2.05) is 24.5 Å². The maximum atomic E-state index is 11.0. The highest BCUT2D eigenvalue weighted by Gasteiger charge is 2.08. The Morgan fingerprint density at radius 2 is 1.90 bits per heavy atom. The number of nitrogens with one attached hydrogen (secondary N) is 1. The molecular weight excluding hydrogens is 288 g/mol. The number of aromatic amines is 1. The predicted octanol–water partition coefficient (Wildman–Crippen LogP) is 2.68. The van der Waals surface area contributed by atoms with E-state index in [9.17, 15) is 4.79 Å². The van der Waals surface area contributed by atoms with Crippen LogP contribution in [0.5, 0.6) is 11.5 Å². The molecule has 0 fully saturated rings. The summed E-state index contributed by atoms with van der Waals surface area (Å²) < 4.78 is 10.8. The van der Waals surface area contributed by atoms with Gasteiger partial charge in [-0.25, -0.2) is 5.10 Å². The molecule has 0 aliphatic heterocycles. The maximum Gasteiger partial charge on any atom is 0.264 e. The van der Waals surface area contributed by atoms with E-state index in [-0.39, 0.29) is 5.56 Å². The van der Waals surface area contributed by atoms with Gasteiger partial charge in [-0.05, 0) is 36.6 Å². The molecule has 0 bridgehead atoms. The first-order chi connectivity index (χ1) is 10.2. The Balaban J connectivity index is 2.38. The summed E-state index contributed by atoms with van der Waals surface area (Å²) in [6.45, 7) is 0. The molecule has 110 valence electrons. The fourth-order valence-corrected chi connectivity index (χ4v) is 2.37. The molecule has 0 spiro atoms. The van der Waals surface area contributed by atoms with Gasteiger partial charge in [0.05, 0.1) is 24.8 Å². The van der Waals surface area contributed by atoms with Crippen molar-refractivity contribution in [1.82, 2.24) is 10.2 Å². The molecule has 1 N–H and O–H groups in total. The van der Waals surface area contributed by atoms with Crippen LogP contribution in [0, 0.1) is 0 Å². The number of thioether (sulfide) groups is 1. The molecule has 0 radical (unpaired) electrons. The predicted molar refractivity (Wildman–Crippen MR) is 85.1 cm³/mol. The monoisotopic (exact) mass is 304 g/mol. The number of nitrogens with zero attached hydrogens (tertiary/aromatic N) is 1. The van der Waals surface area contributed by atoms with Crippen LogP contribution in [0.3, 0.4) is 0 Å². The molecule has 2 aromatic rings. The second kappa shape index (κ2) is 6.99. The summed E-state index contributed by atoms with van der Waals surface area (Å²) in [6, 6.07) is 6.92. The van der Waals surface area contributed by atoms with E-state index >= 15 is 0 Å².